The number of ether oxygens (including phenoxy) is 1. The molecule has 4 nitrogen and oxygen atoms in total. The summed E-state index contributed by atoms with van der Waals surface area (Å²) in [5.41, 5.74) is -0.0764. The fourth-order valence-electron chi connectivity index (χ4n) is 2.72. The Morgan fingerprint density at radius 2 is 1.96 bits per heavy atom. The fourth-order valence-corrected chi connectivity index (χ4v) is 2.72. The molecule has 0 unspecified atom stereocenters. The van der Waals surface area contributed by atoms with Gasteiger partial charge >= 0.3 is 5.97 Å². The number of hydrogen-bond donors (Lipinski definition) is 0. The second-order valence-electron chi connectivity index (χ2n) is 5.66. The molecule has 0 spiro atoms. The van der Waals surface area contributed by atoms with Gasteiger partial charge in [0.1, 0.15) is 17.6 Å². The van der Waals surface area contributed by atoms with E-state index in [9.17, 15) is 9.18 Å². The molecule has 5 heteroatoms. The first-order valence-electron chi connectivity index (χ1n) is 7.78. The minimum atomic E-state index is -0.693. The van der Waals surface area contributed by atoms with E-state index in [0.717, 1.165) is 18.9 Å². The number of halogens is 1. The normalized spacial score (nSPS) is 20.6. The van der Waals surface area contributed by atoms with E-state index in [1.165, 1.54) is 18.2 Å². The molecule has 0 bridgehead atoms. The molecular formula is C19H17FN2O2. The zero-order chi connectivity index (χ0) is 17.4. The number of allylic oxidation sites excluding steroid dienone is 4. The quantitative estimate of drug-likeness (QED) is 0.362. The van der Waals surface area contributed by atoms with Gasteiger partial charge < -0.3 is 4.74 Å². The number of rotatable bonds is 4. The largest absolute Gasteiger partial charge is 0.426 e. The predicted molar refractivity (Wildman–Crippen MR) is 86.1 cm³/mol. The zero-order valence-corrected chi connectivity index (χ0v) is 13.1. The highest BCUT2D eigenvalue weighted by atomic mass is 19.1. The Bertz CT molecular complexity index is 733. The first-order valence-corrected chi connectivity index (χ1v) is 7.78. The standard InChI is InChI=1S/C19H17FN2O2/c20-18-12-17(10-9-16(18)13-22)24-19(23)15-7-5-14(6-8-15)4-2-1-3-11-21/h1-4,9-10,12,14-15H,5-8H2. The third-order valence-electron chi connectivity index (χ3n) is 4.05. The Morgan fingerprint density at radius 3 is 2.58 bits per heavy atom. The highest BCUT2D eigenvalue weighted by molar-refractivity contribution is 5.75. The summed E-state index contributed by atoms with van der Waals surface area (Å²) in [4.78, 5) is 12.2. The molecule has 0 saturated heterocycles. The average molecular weight is 324 g/mol. The molecule has 0 heterocycles. The van der Waals surface area contributed by atoms with E-state index in [1.807, 2.05) is 18.2 Å². The minimum absolute atomic E-state index is 0.0764. The summed E-state index contributed by atoms with van der Waals surface area (Å²) in [5.74, 6) is -0.721. The van der Waals surface area contributed by atoms with E-state index in [0.29, 0.717) is 18.8 Å². The van der Waals surface area contributed by atoms with Crippen molar-refractivity contribution >= 4 is 5.97 Å². The summed E-state index contributed by atoms with van der Waals surface area (Å²) in [7, 11) is 0. The summed E-state index contributed by atoms with van der Waals surface area (Å²) >= 11 is 0. The highest BCUT2D eigenvalue weighted by Crippen LogP contribution is 2.31. The molecule has 1 aromatic carbocycles. The predicted octanol–water partition coefficient (Wildman–Crippen LogP) is 4.05. The maximum atomic E-state index is 13.5. The Hall–Kier alpha value is -2.92. The van der Waals surface area contributed by atoms with Gasteiger partial charge in [-0.3, -0.25) is 4.79 Å². The van der Waals surface area contributed by atoms with Crippen LogP contribution in [0.25, 0.3) is 0 Å². The van der Waals surface area contributed by atoms with Crippen LogP contribution in [0.3, 0.4) is 0 Å². The molecule has 1 saturated carbocycles. The van der Waals surface area contributed by atoms with Crippen molar-refractivity contribution in [2.75, 3.05) is 0 Å². The Labute approximate surface area is 140 Å². The van der Waals surface area contributed by atoms with Crippen molar-refractivity contribution in [3.8, 4) is 17.9 Å². The molecule has 1 aliphatic rings. The molecule has 1 fully saturated rings. The number of carbonyl (C=O) groups excluding carboxylic acids is 1. The van der Waals surface area contributed by atoms with Gasteiger partial charge in [0.15, 0.2) is 0 Å². The fraction of sp³-hybridized carbons (Fsp3) is 0.316. The van der Waals surface area contributed by atoms with Crippen LogP contribution in [0.1, 0.15) is 31.2 Å². The molecule has 0 atom stereocenters. The topological polar surface area (TPSA) is 73.9 Å². The van der Waals surface area contributed by atoms with Crippen LogP contribution in [0.15, 0.2) is 42.5 Å². The van der Waals surface area contributed by atoms with E-state index >= 15 is 0 Å². The molecule has 24 heavy (non-hydrogen) atoms. The van der Waals surface area contributed by atoms with Crippen LogP contribution in [0.5, 0.6) is 5.75 Å². The van der Waals surface area contributed by atoms with Crippen LogP contribution in [0, 0.1) is 40.3 Å². The van der Waals surface area contributed by atoms with Gasteiger partial charge in [0.05, 0.1) is 17.6 Å². The van der Waals surface area contributed by atoms with Crippen molar-refractivity contribution in [1.29, 1.82) is 10.5 Å². The smallest absolute Gasteiger partial charge is 0.314 e. The Kier molecular flexibility index (Phi) is 6.28. The minimum Gasteiger partial charge on any atom is -0.426 e. The van der Waals surface area contributed by atoms with E-state index in [2.05, 4.69) is 0 Å². The number of carbonyl (C=O) groups is 1. The van der Waals surface area contributed by atoms with Crippen LogP contribution in [0.2, 0.25) is 0 Å². The molecule has 0 radical (unpaired) electrons. The molecule has 0 aliphatic heterocycles. The van der Waals surface area contributed by atoms with Crippen molar-refractivity contribution in [2.45, 2.75) is 25.7 Å². The lowest BCUT2D eigenvalue weighted by Crippen LogP contribution is -2.25. The van der Waals surface area contributed by atoms with Crippen LogP contribution >= 0.6 is 0 Å². The maximum Gasteiger partial charge on any atom is 0.314 e. The summed E-state index contributed by atoms with van der Waals surface area (Å²) in [6, 6.07) is 7.44. The van der Waals surface area contributed by atoms with E-state index in [4.69, 9.17) is 15.3 Å². The maximum absolute atomic E-state index is 13.5. The lowest BCUT2D eigenvalue weighted by atomic mass is 9.82. The first kappa shape index (κ1) is 17.4. The van der Waals surface area contributed by atoms with Gasteiger partial charge in [0.2, 0.25) is 0 Å². The lowest BCUT2D eigenvalue weighted by molar-refractivity contribution is -0.140. The Balaban J connectivity index is 1.86. The molecule has 1 aliphatic carbocycles. The molecule has 0 N–H and O–H groups in total. The number of benzene rings is 1. The lowest BCUT2D eigenvalue weighted by Gasteiger charge is -2.25. The van der Waals surface area contributed by atoms with Gasteiger partial charge in [-0.1, -0.05) is 18.2 Å². The van der Waals surface area contributed by atoms with Gasteiger partial charge in [-0.15, -0.1) is 0 Å². The monoisotopic (exact) mass is 324 g/mol. The van der Waals surface area contributed by atoms with Gasteiger partial charge in [-0.05, 0) is 43.7 Å². The van der Waals surface area contributed by atoms with Crippen molar-refractivity contribution in [1.82, 2.24) is 0 Å². The van der Waals surface area contributed by atoms with Crippen molar-refractivity contribution < 1.29 is 13.9 Å². The molecule has 122 valence electrons. The third kappa shape index (κ3) is 4.79. The second-order valence-corrected chi connectivity index (χ2v) is 5.66. The summed E-state index contributed by atoms with van der Waals surface area (Å²) in [6.45, 7) is 0. The van der Waals surface area contributed by atoms with Gasteiger partial charge in [-0.2, -0.15) is 10.5 Å². The summed E-state index contributed by atoms with van der Waals surface area (Å²) in [6.07, 6.45) is 10.2. The van der Waals surface area contributed by atoms with Crippen LogP contribution in [0.4, 0.5) is 4.39 Å². The number of nitrogens with zero attached hydrogens (tertiary/aromatic N) is 2. The number of esters is 1. The van der Waals surface area contributed by atoms with Crippen molar-refractivity contribution in [2.24, 2.45) is 11.8 Å². The number of hydrogen-bond acceptors (Lipinski definition) is 4. The SMILES string of the molecule is N#CC=CC=CC1CCC(C(=O)Oc2ccc(C#N)c(F)c2)CC1. The number of nitriles is 2. The molecule has 0 amide bonds. The van der Waals surface area contributed by atoms with Crippen LogP contribution in [-0.4, -0.2) is 5.97 Å². The van der Waals surface area contributed by atoms with E-state index in [1.54, 1.807) is 12.1 Å². The van der Waals surface area contributed by atoms with Crippen LogP contribution in [-0.2, 0) is 4.79 Å². The van der Waals surface area contributed by atoms with Crippen molar-refractivity contribution in [3.05, 3.63) is 53.9 Å². The second kappa shape index (κ2) is 8.64. The van der Waals surface area contributed by atoms with Gasteiger partial charge in [0, 0.05) is 12.1 Å². The van der Waals surface area contributed by atoms with E-state index in [-0.39, 0.29) is 23.2 Å². The van der Waals surface area contributed by atoms with Crippen molar-refractivity contribution in [3.63, 3.8) is 0 Å². The summed E-state index contributed by atoms with van der Waals surface area (Å²) in [5, 5.41) is 17.1. The van der Waals surface area contributed by atoms with Gasteiger partial charge in [-0.25, -0.2) is 4.39 Å². The zero-order valence-electron chi connectivity index (χ0n) is 13.1. The average Bonchev–Trinajstić information content (AvgIpc) is 2.59. The molecular weight excluding hydrogens is 307 g/mol. The molecule has 1 aromatic rings. The first-order chi connectivity index (χ1) is 11.6. The highest BCUT2D eigenvalue weighted by Gasteiger charge is 2.26. The van der Waals surface area contributed by atoms with E-state index < -0.39 is 5.82 Å². The molecule has 2 rings (SSSR count). The molecule has 0 aromatic heterocycles. The Morgan fingerprint density at radius 1 is 1.21 bits per heavy atom. The summed E-state index contributed by atoms with van der Waals surface area (Å²) < 4.78 is 18.7. The van der Waals surface area contributed by atoms with Gasteiger partial charge in [0.25, 0.3) is 0 Å². The van der Waals surface area contributed by atoms with Crippen LogP contribution < -0.4 is 4.74 Å². The third-order valence-corrected chi connectivity index (χ3v) is 4.05.